The third-order valence-corrected chi connectivity index (χ3v) is 2.79. The van der Waals surface area contributed by atoms with Crippen molar-refractivity contribution >= 4 is 11.3 Å². The molecule has 0 radical (unpaired) electrons. The van der Waals surface area contributed by atoms with Crippen LogP contribution < -0.4 is 4.74 Å². The Labute approximate surface area is 84.4 Å². The summed E-state index contributed by atoms with van der Waals surface area (Å²) in [7, 11) is 1.55. The van der Waals surface area contributed by atoms with E-state index < -0.39 is 6.10 Å². The van der Waals surface area contributed by atoms with E-state index in [2.05, 4.69) is 15.2 Å². The van der Waals surface area contributed by atoms with Crippen molar-refractivity contribution in [2.75, 3.05) is 7.11 Å². The minimum Gasteiger partial charge on any atom is -0.473 e. The molecule has 0 amide bonds. The van der Waals surface area contributed by atoms with Crippen LogP contribution in [0.3, 0.4) is 0 Å². The van der Waals surface area contributed by atoms with Gasteiger partial charge in [0, 0.05) is 18.0 Å². The first-order valence-electron chi connectivity index (χ1n) is 3.97. The van der Waals surface area contributed by atoms with E-state index in [1.807, 2.05) is 0 Å². The molecule has 2 heterocycles. The van der Waals surface area contributed by atoms with Crippen LogP contribution >= 0.6 is 11.3 Å². The van der Waals surface area contributed by atoms with Gasteiger partial charge < -0.3 is 9.84 Å². The van der Waals surface area contributed by atoms with Crippen LogP contribution in [0, 0.1) is 0 Å². The lowest BCUT2D eigenvalue weighted by Gasteiger charge is -2.02. The van der Waals surface area contributed by atoms with E-state index in [1.54, 1.807) is 25.7 Å². The van der Waals surface area contributed by atoms with Gasteiger partial charge in [-0.3, -0.25) is 5.10 Å². The number of nitrogens with one attached hydrogen (secondary N) is 1. The molecule has 1 atom stereocenters. The van der Waals surface area contributed by atoms with Gasteiger partial charge >= 0.3 is 0 Å². The number of hydrogen-bond donors (Lipinski definition) is 2. The van der Waals surface area contributed by atoms with Crippen molar-refractivity contribution in [1.82, 2.24) is 15.2 Å². The Morgan fingerprint density at radius 3 is 3.00 bits per heavy atom. The molecule has 14 heavy (non-hydrogen) atoms. The van der Waals surface area contributed by atoms with Crippen molar-refractivity contribution < 1.29 is 9.84 Å². The minimum atomic E-state index is -0.685. The Kier molecular flexibility index (Phi) is 2.47. The summed E-state index contributed by atoms with van der Waals surface area (Å²) < 4.78 is 4.94. The lowest BCUT2D eigenvalue weighted by Crippen LogP contribution is -1.94. The number of thiazole rings is 1. The van der Waals surface area contributed by atoms with Gasteiger partial charge in [0.15, 0.2) is 0 Å². The zero-order valence-corrected chi connectivity index (χ0v) is 8.28. The minimum absolute atomic E-state index is 0.544. The molecule has 2 aromatic rings. The van der Waals surface area contributed by atoms with Crippen LogP contribution in [0.5, 0.6) is 5.19 Å². The van der Waals surface area contributed by atoms with E-state index in [4.69, 9.17) is 4.74 Å². The molecule has 0 aliphatic carbocycles. The predicted molar refractivity (Wildman–Crippen MR) is 51.3 cm³/mol. The fourth-order valence-corrected chi connectivity index (χ4v) is 1.81. The quantitative estimate of drug-likeness (QED) is 0.793. The first kappa shape index (κ1) is 9.17. The second-order valence-electron chi connectivity index (χ2n) is 2.67. The van der Waals surface area contributed by atoms with Gasteiger partial charge in [-0.05, 0) is 0 Å². The number of aromatic amines is 1. The summed E-state index contributed by atoms with van der Waals surface area (Å²) in [6, 6.07) is 0. The highest BCUT2D eigenvalue weighted by Gasteiger charge is 2.14. The maximum Gasteiger partial charge on any atom is 0.273 e. The van der Waals surface area contributed by atoms with Gasteiger partial charge in [-0.1, -0.05) is 11.3 Å². The highest BCUT2D eigenvalue weighted by Crippen LogP contribution is 2.29. The monoisotopic (exact) mass is 211 g/mol. The molecule has 0 saturated carbocycles. The molecule has 2 aromatic heterocycles. The summed E-state index contributed by atoms with van der Waals surface area (Å²) in [5.41, 5.74) is 0.719. The molecule has 0 bridgehead atoms. The molecule has 1 unspecified atom stereocenters. The molecule has 0 spiro atoms. The van der Waals surface area contributed by atoms with E-state index in [0.717, 1.165) is 10.4 Å². The van der Waals surface area contributed by atoms with Crippen molar-refractivity contribution in [1.29, 1.82) is 0 Å². The Morgan fingerprint density at radius 1 is 1.57 bits per heavy atom. The number of hydrogen-bond acceptors (Lipinski definition) is 5. The summed E-state index contributed by atoms with van der Waals surface area (Å²) in [5, 5.41) is 16.8. The molecule has 2 rings (SSSR count). The van der Waals surface area contributed by atoms with Crippen LogP contribution in [-0.4, -0.2) is 27.4 Å². The van der Waals surface area contributed by atoms with E-state index in [1.165, 1.54) is 11.3 Å². The van der Waals surface area contributed by atoms with Gasteiger partial charge in [0.1, 0.15) is 6.10 Å². The van der Waals surface area contributed by atoms with Crippen LogP contribution in [0.2, 0.25) is 0 Å². The number of ether oxygens (including phenoxy) is 1. The molecule has 0 aliphatic rings. The second-order valence-corrected chi connectivity index (χ2v) is 3.69. The summed E-state index contributed by atoms with van der Waals surface area (Å²) in [5.74, 6) is 0. The summed E-state index contributed by atoms with van der Waals surface area (Å²) in [4.78, 5) is 4.71. The first-order valence-corrected chi connectivity index (χ1v) is 4.79. The van der Waals surface area contributed by atoms with Crippen LogP contribution in [0.15, 0.2) is 18.6 Å². The lowest BCUT2D eigenvalue weighted by molar-refractivity contribution is 0.224. The van der Waals surface area contributed by atoms with E-state index in [0.29, 0.717) is 5.19 Å². The van der Waals surface area contributed by atoms with E-state index in [-0.39, 0.29) is 0 Å². The van der Waals surface area contributed by atoms with Gasteiger partial charge in [0.2, 0.25) is 0 Å². The zero-order chi connectivity index (χ0) is 9.97. The maximum absolute atomic E-state index is 9.84. The van der Waals surface area contributed by atoms with Crippen molar-refractivity contribution in [2.45, 2.75) is 6.10 Å². The molecule has 0 aromatic carbocycles. The van der Waals surface area contributed by atoms with Crippen molar-refractivity contribution in [3.8, 4) is 5.19 Å². The largest absolute Gasteiger partial charge is 0.473 e. The molecule has 2 N–H and O–H groups in total. The van der Waals surface area contributed by atoms with E-state index >= 15 is 0 Å². The molecule has 0 saturated heterocycles. The first-order chi connectivity index (χ1) is 6.81. The van der Waals surface area contributed by atoms with Crippen LogP contribution in [0.1, 0.15) is 16.5 Å². The smallest absolute Gasteiger partial charge is 0.273 e. The second kappa shape index (κ2) is 3.77. The normalized spacial score (nSPS) is 12.7. The molecular formula is C8H9N3O2S. The summed E-state index contributed by atoms with van der Waals surface area (Å²) in [6.45, 7) is 0. The van der Waals surface area contributed by atoms with Gasteiger partial charge in [-0.2, -0.15) is 5.10 Å². The predicted octanol–water partition coefficient (Wildman–Crippen LogP) is 0.956. The molecule has 6 heteroatoms. The highest BCUT2D eigenvalue weighted by molar-refractivity contribution is 7.13. The van der Waals surface area contributed by atoms with Gasteiger partial charge in [0.05, 0.1) is 18.2 Å². The number of methoxy groups -OCH3 is 1. The molecule has 0 aliphatic heterocycles. The van der Waals surface area contributed by atoms with Crippen LogP contribution in [-0.2, 0) is 0 Å². The Morgan fingerprint density at radius 2 is 2.43 bits per heavy atom. The topological polar surface area (TPSA) is 71.0 Å². The molecule has 5 nitrogen and oxygen atoms in total. The fraction of sp³-hybridized carbons (Fsp3) is 0.250. The number of aliphatic hydroxyl groups is 1. The SMILES string of the molecule is COc1ncc(C(O)c2cn[nH]c2)s1. The summed E-state index contributed by atoms with van der Waals surface area (Å²) >= 11 is 1.31. The Hall–Kier alpha value is -1.40. The average Bonchev–Trinajstić information content (AvgIpc) is 2.88. The third-order valence-electron chi connectivity index (χ3n) is 1.78. The number of nitrogens with zero attached hydrogens (tertiary/aromatic N) is 2. The van der Waals surface area contributed by atoms with Crippen molar-refractivity contribution in [2.24, 2.45) is 0 Å². The third kappa shape index (κ3) is 1.61. The van der Waals surface area contributed by atoms with E-state index in [9.17, 15) is 5.11 Å². The molecule has 0 fully saturated rings. The molecular weight excluding hydrogens is 202 g/mol. The lowest BCUT2D eigenvalue weighted by atomic mass is 10.2. The van der Waals surface area contributed by atoms with Gasteiger partial charge in [0.25, 0.3) is 5.19 Å². The number of H-pyrrole nitrogens is 1. The number of rotatable bonds is 3. The van der Waals surface area contributed by atoms with Crippen molar-refractivity contribution in [3.63, 3.8) is 0 Å². The Bertz CT molecular complexity index is 398. The molecule has 74 valence electrons. The Balaban J connectivity index is 2.23. The van der Waals surface area contributed by atoms with Crippen LogP contribution in [0.25, 0.3) is 0 Å². The number of aliphatic hydroxyl groups excluding tert-OH is 1. The average molecular weight is 211 g/mol. The maximum atomic E-state index is 9.84. The van der Waals surface area contributed by atoms with Gasteiger partial charge in [-0.15, -0.1) is 0 Å². The number of aromatic nitrogens is 3. The standard InChI is InChI=1S/C8H9N3O2S/c1-13-8-9-4-6(14-8)7(12)5-2-10-11-3-5/h2-4,7,12H,1H3,(H,10,11). The highest BCUT2D eigenvalue weighted by atomic mass is 32.1. The summed E-state index contributed by atoms with van der Waals surface area (Å²) in [6.07, 6.45) is 4.14. The van der Waals surface area contributed by atoms with Crippen LogP contribution in [0.4, 0.5) is 0 Å². The van der Waals surface area contributed by atoms with Crippen molar-refractivity contribution in [3.05, 3.63) is 29.0 Å². The van der Waals surface area contributed by atoms with Gasteiger partial charge in [-0.25, -0.2) is 4.98 Å². The fourth-order valence-electron chi connectivity index (χ4n) is 1.07. The zero-order valence-electron chi connectivity index (χ0n) is 7.47.